The van der Waals surface area contributed by atoms with Gasteiger partial charge in [0.1, 0.15) is 0 Å². The normalized spacial score (nSPS) is 10.8. The van der Waals surface area contributed by atoms with Gasteiger partial charge in [-0.1, -0.05) is 34.8 Å². The van der Waals surface area contributed by atoms with E-state index < -0.39 is 0 Å². The number of benzene rings is 1. The van der Waals surface area contributed by atoms with Crippen molar-refractivity contribution in [1.82, 2.24) is 4.98 Å². The number of hydrogen-bond acceptors (Lipinski definition) is 2. The van der Waals surface area contributed by atoms with Crippen molar-refractivity contribution < 1.29 is 0 Å². The first-order valence-corrected chi connectivity index (χ1v) is 4.91. The van der Waals surface area contributed by atoms with Crippen LogP contribution in [0.1, 0.15) is 0 Å². The Balaban J connectivity index is 2.92. The molecule has 0 aliphatic carbocycles. The maximum absolute atomic E-state index is 5.99. The Hall–Kier alpha value is -0.700. The van der Waals surface area contributed by atoms with E-state index in [9.17, 15) is 0 Å². The van der Waals surface area contributed by atoms with Crippen molar-refractivity contribution in [3.8, 4) is 0 Å². The van der Waals surface area contributed by atoms with Crippen LogP contribution in [-0.2, 0) is 0 Å². The van der Waals surface area contributed by atoms with Gasteiger partial charge in [0.2, 0.25) is 0 Å². The van der Waals surface area contributed by atoms with E-state index in [-0.39, 0.29) is 0 Å². The Bertz CT molecular complexity index is 511. The lowest BCUT2D eigenvalue weighted by Crippen LogP contribution is -1.88. The summed E-state index contributed by atoms with van der Waals surface area (Å²) in [6, 6.07) is 3.37. The summed E-state index contributed by atoms with van der Waals surface area (Å²) in [6.45, 7) is 0. The van der Waals surface area contributed by atoms with Crippen LogP contribution in [0, 0.1) is 0 Å². The summed E-state index contributed by atoms with van der Waals surface area (Å²) >= 11 is 17.7. The second kappa shape index (κ2) is 3.46. The molecule has 2 N–H and O–H groups in total. The molecule has 0 aliphatic rings. The monoisotopic (exact) mass is 246 g/mol. The molecule has 0 bridgehead atoms. The van der Waals surface area contributed by atoms with Gasteiger partial charge in [0.15, 0.2) is 0 Å². The van der Waals surface area contributed by atoms with E-state index in [1.165, 1.54) is 0 Å². The molecule has 2 aromatic rings. The van der Waals surface area contributed by atoms with Crippen LogP contribution in [0.15, 0.2) is 18.3 Å². The van der Waals surface area contributed by atoms with E-state index in [1.807, 2.05) is 0 Å². The zero-order valence-electron chi connectivity index (χ0n) is 6.89. The van der Waals surface area contributed by atoms with Crippen LogP contribution in [0.5, 0.6) is 0 Å². The molecule has 0 saturated heterocycles. The molecule has 0 spiro atoms. The lowest BCUT2D eigenvalue weighted by Gasteiger charge is -2.04. The van der Waals surface area contributed by atoms with Crippen molar-refractivity contribution in [2.24, 2.45) is 0 Å². The van der Waals surface area contributed by atoms with Crippen molar-refractivity contribution in [1.29, 1.82) is 0 Å². The maximum atomic E-state index is 5.99. The molecule has 1 aromatic carbocycles. The Kier molecular flexibility index (Phi) is 2.43. The number of fused-ring (bicyclic) bond motifs is 1. The molecule has 5 heteroatoms. The van der Waals surface area contributed by atoms with Crippen LogP contribution < -0.4 is 5.73 Å². The van der Waals surface area contributed by atoms with Gasteiger partial charge in [0.05, 0.1) is 32.5 Å². The molecule has 0 radical (unpaired) electrons. The second-order valence-corrected chi connectivity index (χ2v) is 3.98. The van der Waals surface area contributed by atoms with E-state index in [2.05, 4.69) is 4.98 Å². The molecule has 0 amide bonds. The second-order valence-electron chi connectivity index (χ2n) is 2.82. The minimum atomic E-state index is 0.327. The van der Waals surface area contributed by atoms with Gasteiger partial charge in [-0.05, 0) is 12.1 Å². The maximum Gasteiger partial charge on any atom is 0.0786 e. The Morgan fingerprint density at radius 2 is 1.79 bits per heavy atom. The molecule has 1 aromatic heterocycles. The van der Waals surface area contributed by atoms with Crippen LogP contribution in [0.25, 0.3) is 10.9 Å². The predicted octanol–water partition coefficient (Wildman–Crippen LogP) is 3.78. The van der Waals surface area contributed by atoms with Crippen molar-refractivity contribution in [3.05, 3.63) is 33.4 Å². The van der Waals surface area contributed by atoms with Gasteiger partial charge < -0.3 is 5.73 Å². The molecule has 2 nitrogen and oxygen atoms in total. The first-order valence-electron chi connectivity index (χ1n) is 3.78. The molecule has 0 atom stereocenters. The predicted molar refractivity (Wildman–Crippen MR) is 61.2 cm³/mol. The molecule has 0 saturated carbocycles. The molecule has 0 unspecified atom stereocenters. The number of nitrogens with zero attached hydrogens (tertiary/aromatic N) is 1. The fraction of sp³-hybridized carbons (Fsp3) is 0. The number of halogens is 3. The van der Waals surface area contributed by atoms with Crippen LogP contribution >= 0.6 is 34.8 Å². The molecule has 2 rings (SSSR count). The van der Waals surface area contributed by atoms with E-state index in [1.54, 1.807) is 18.3 Å². The van der Waals surface area contributed by atoms with Gasteiger partial charge in [0, 0.05) is 5.39 Å². The quantitative estimate of drug-likeness (QED) is 0.720. The van der Waals surface area contributed by atoms with Gasteiger partial charge in [-0.3, -0.25) is 4.98 Å². The van der Waals surface area contributed by atoms with Gasteiger partial charge in [-0.15, -0.1) is 0 Å². The minimum absolute atomic E-state index is 0.327. The van der Waals surface area contributed by atoms with Crippen molar-refractivity contribution in [2.45, 2.75) is 0 Å². The van der Waals surface area contributed by atoms with Gasteiger partial charge in [-0.2, -0.15) is 0 Å². The van der Waals surface area contributed by atoms with E-state index in [0.717, 1.165) is 0 Å². The summed E-state index contributed by atoms with van der Waals surface area (Å²) in [4.78, 5) is 4.09. The summed E-state index contributed by atoms with van der Waals surface area (Å²) < 4.78 is 0. The first kappa shape index (κ1) is 9.84. The third kappa shape index (κ3) is 1.50. The van der Waals surface area contributed by atoms with Gasteiger partial charge >= 0.3 is 0 Å². The molecule has 0 fully saturated rings. The highest BCUT2D eigenvalue weighted by atomic mass is 35.5. The SMILES string of the molecule is Nc1cnc2cc(Cl)c(Cl)c(Cl)c2c1. The first-order chi connectivity index (χ1) is 6.59. The molecule has 0 aliphatic heterocycles. The van der Waals surface area contributed by atoms with E-state index >= 15 is 0 Å². The number of nitrogens with two attached hydrogens (primary N) is 1. The van der Waals surface area contributed by atoms with E-state index in [4.69, 9.17) is 40.5 Å². The molecule has 14 heavy (non-hydrogen) atoms. The van der Waals surface area contributed by atoms with Crippen molar-refractivity contribution >= 4 is 51.4 Å². The van der Waals surface area contributed by atoms with Gasteiger partial charge in [0.25, 0.3) is 0 Å². The highest BCUT2D eigenvalue weighted by molar-refractivity contribution is 6.50. The molecule has 1 heterocycles. The number of rotatable bonds is 0. The zero-order chi connectivity index (χ0) is 10.3. The summed E-state index contributed by atoms with van der Waals surface area (Å²) in [6.07, 6.45) is 1.54. The number of aromatic nitrogens is 1. The summed E-state index contributed by atoms with van der Waals surface area (Å²) in [7, 11) is 0. The third-order valence-corrected chi connectivity index (χ3v) is 3.12. The number of pyridine rings is 1. The lowest BCUT2D eigenvalue weighted by atomic mass is 10.2. The number of nitrogen functional groups attached to an aromatic ring is 1. The smallest absolute Gasteiger partial charge is 0.0786 e. The summed E-state index contributed by atoms with van der Waals surface area (Å²) in [5, 5.41) is 1.81. The molecular weight excluding hydrogens is 242 g/mol. The number of hydrogen-bond donors (Lipinski definition) is 1. The van der Waals surface area contributed by atoms with Crippen molar-refractivity contribution in [3.63, 3.8) is 0 Å². The average Bonchev–Trinajstić information content (AvgIpc) is 2.16. The standard InChI is InChI=1S/C9H5Cl3N2/c10-6-2-7-5(8(11)9(6)12)1-4(13)3-14-7/h1-3H,13H2. The minimum Gasteiger partial charge on any atom is -0.397 e. The van der Waals surface area contributed by atoms with Crippen LogP contribution in [-0.4, -0.2) is 4.98 Å². The largest absolute Gasteiger partial charge is 0.397 e. The summed E-state index contributed by atoms with van der Waals surface area (Å²) in [5.41, 5.74) is 6.80. The summed E-state index contributed by atoms with van der Waals surface area (Å²) in [5.74, 6) is 0. The topological polar surface area (TPSA) is 38.9 Å². The average molecular weight is 248 g/mol. The number of anilines is 1. The highest BCUT2D eigenvalue weighted by Gasteiger charge is 2.09. The van der Waals surface area contributed by atoms with Crippen LogP contribution in [0.4, 0.5) is 5.69 Å². The lowest BCUT2D eigenvalue weighted by molar-refractivity contribution is 1.41. The third-order valence-electron chi connectivity index (χ3n) is 1.84. The Labute approximate surface area is 95.6 Å². The van der Waals surface area contributed by atoms with Crippen LogP contribution in [0.3, 0.4) is 0 Å². The highest BCUT2D eigenvalue weighted by Crippen LogP contribution is 2.36. The fourth-order valence-corrected chi connectivity index (χ4v) is 1.84. The van der Waals surface area contributed by atoms with E-state index in [0.29, 0.717) is 31.7 Å². The van der Waals surface area contributed by atoms with Crippen molar-refractivity contribution in [2.75, 3.05) is 5.73 Å². The fourth-order valence-electron chi connectivity index (χ4n) is 1.19. The Morgan fingerprint density at radius 1 is 1.07 bits per heavy atom. The molecule has 72 valence electrons. The zero-order valence-corrected chi connectivity index (χ0v) is 9.16. The Morgan fingerprint density at radius 3 is 2.50 bits per heavy atom. The van der Waals surface area contributed by atoms with Gasteiger partial charge in [-0.25, -0.2) is 0 Å². The van der Waals surface area contributed by atoms with Crippen LogP contribution in [0.2, 0.25) is 15.1 Å². The molecular formula is C9H5Cl3N2.